The number of hydrogen-bond acceptors (Lipinski definition) is 4. The molecule has 0 bridgehead atoms. The third-order valence-corrected chi connectivity index (χ3v) is 5.21. The van der Waals surface area contributed by atoms with E-state index in [1.165, 1.54) is 0 Å². The van der Waals surface area contributed by atoms with Crippen LogP contribution in [-0.2, 0) is 11.2 Å². The van der Waals surface area contributed by atoms with Crippen molar-refractivity contribution in [2.45, 2.75) is 65.5 Å². The monoisotopic (exact) mass is 411 g/mol. The van der Waals surface area contributed by atoms with Crippen LogP contribution in [0.15, 0.2) is 36.4 Å². The number of fused-ring (bicyclic) bond motifs is 1. The Morgan fingerprint density at radius 2 is 1.83 bits per heavy atom. The number of benzene rings is 2. The lowest BCUT2D eigenvalue weighted by molar-refractivity contribution is -0.122. The van der Waals surface area contributed by atoms with E-state index >= 15 is 0 Å². The highest BCUT2D eigenvalue weighted by molar-refractivity contribution is 5.77. The number of hydrogen-bond donors (Lipinski definition) is 1. The molecule has 0 fully saturated rings. The summed E-state index contributed by atoms with van der Waals surface area (Å²) < 4.78 is 17.4. The van der Waals surface area contributed by atoms with E-state index in [0.29, 0.717) is 26.1 Å². The van der Waals surface area contributed by atoms with Gasteiger partial charge in [-0.15, -0.1) is 0 Å². The molecule has 0 saturated heterocycles. The number of ether oxygens (including phenoxy) is 3. The van der Waals surface area contributed by atoms with Crippen molar-refractivity contribution in [2.75, 3.05) is 13.2 Å². The molecule has 3 rings (SSSR count). The fourth-order valence-corrected chi connectivity index (χ4v) is 3.86. The second-order valence-electron chi connectivity index (χ2n) is 8.37. The van der Waals surface area contributed by atoms with E-state index in [2.05, 4.69) is 31.3 Å². The number of carbonyl (C=O) groups is 1. The van der Waals surface area contributed by atoms with E-state index < -0.39 is 0 Å². The van der Waals surface area contributed by atoms with E-state index in [1.807, 2.05) is 45.0 Å². The van der Waals surface area contributed by atoms with Gasteiger partial charge in [-0.2, -0.15) is 0 Å². The Kier molecular flexibility index (Phi) is 6.91. The van der Waals surface area contributed by atoms with Gasteiger partial charge in [-0.05, 0) is 70.4 Å². The van der Waals surface area contributed by atoms with Crippen LogP contribution in [0.25, 0.3) is 0 Å². The first-order valence-electron chi connectivity index (χ1n) is 10.8. The summed E-state index contributed by atoms with van der Waals surface area (Å²) in [6.07, 6.45) is 1.80. The molecular formula is C25H33NO4. The number of carbonyl (C=O) groups excluding carboxylic acids is 1. The average Bonchev–Trinajstić information content (AvgIpc) is 2.67. The molecular weight excluding hydrogens is 378 g/mol. The van der Waals surface area contributed by atoms with E-state index in [1.54, 1.807) is 0 Å². The molecule has 5 nitrogen and oxygen atoms in total. The average molecular weight is 412 g/mol. The Bertz CT molecular complexity index is 891. The largest absolute Gasteiger partial charge is 0.490 e. The molecule has 0 aliphatic carbocycles. The molecule has 1 N–H and O–H groups in total. The Labute approximate surface area is 179 Å². The molecule has 1 heterocycles. The lowest BCUT2D eigenvalue weighted by Gasteiger charge is -2.38. The highest BCUT2D eigenvalue weighted by Crippen LogP contribution is 2.40. The highest BCUT2D eigenvalue weighted by Gasteiger charge is 2.34. The molecule has 0 aromatic heterocycles. The van der Waals surface area contributed by atoms with Crippen molar-refractivity contribution in [3.8, 4) is 17.2 Å². The van der Waals surface area contributed by atoms with E-state index in [9.17, 15) is 4.79 Å². The zero-order chi connectivity index (χ0) is 21.7. The standard InChI is InChI=1S/C25H33NO4/c1-6-28-21-12-9-18(15-23(21)29-7-2)10-13-24(27)26-20-16-25(4,5)30-22-14-17(3)8-11-19(20)22/h8-9,11-12,14-15,20H,6-7,10,13,16H2,1-5H3,(H,26,27)/t20-/m1/s1. The molecule has 1 atom stereocenters. The summed E-state index contributed by atoms with van der Waals surface area (Å²) in [6.45, 7) is 11.2. The third kappa shape index (κ3) is 5.47. The summed E-state index contributed by atoms with van der Waals surface area (Å²) in [5, 5.41) is 3.22. The van der Waals surface area contributed by atoms with E-state index in [0.717, 1.165) is 40.4 Å². The van der Waals surface area contributed by atoms with Gasteiger partial charge in [-0.1, -0.05) is 18.2 Å². The topological polar surface area (TPSA) is 56.8 Å². The first kappa shape index (κ1) is 22.0. The molecule has 0 unspecified atom stereocenters. The van der Waals surface area contributed by atoms with Crippen LogP contribution in [0.4, 0.5) is 0 Å². The minimum absolute atomic E-state index is 0.0380. The van der Waals surface area contributed by atoms with Gasteiger partial charge < -0.3 is 19.5 Å². The van der Waals surface area contributed by atoms with Crippen molar-refractivity contribution in [2.24, 2.45) is 0 Å². The fraction of sp³-hybridized carbons (Fsp3) is 0.480. The zero-order valence-corrected chi connectivity index (χ0v) is 18.7. The summed E-state index contributed by atoms with van der Waals surface area (Å²) >= 11 is 0. The first-order chi connectivity index (χ1) is 14.3. The van der Waals surface area contributed by atoms with E-state index in [4.69, 9.17) is 14.2 Å². The Balaban J connectivity index is 1.66. The fourth-order valence-electron chi connectivity index (χ4n) is 3.86. The van der Waals surface area contributed by atoms with Gasteiger partial charge >= 0.3 is 0 Å². The molecule has 0 saturated carbocycles. The van der Waals surface area contributed by atoms with Crippen molar-refractivity contribution in [1.82, 2.24) is 5.32 Å². The van der Waals surface area contributed by atoms with Gasteiger partial charge in [-0.3, -0.25) is 4.79 Å². The molecule has 30 heavy (non-hydrogen) atoms. The van der Waals surface area contributed by atoms with Crippen LogP contribution in [0.2, 0.25) is 0 Å². The van der Waals surface area contributed by atoms with Gasteiger partial charge in [0.2, 0.25) is 5.91 Å². The van der Waals surface area contributed by atoms with Crippen LogP contribution in [0.5, 0.6) is 17.2 Å². The highest BCUT2D eigenvalue weighted by atomic mass is 16.5. The van der Waals surface area contributed by atoms with E-state index in [-0.39, 0.29) is 17.6 Å². The molecule has 2 aromatic rings. The van der Waals surface area contributed by atoms with Crippen LogP contribution in [0, 0.1) is 6.92 Å². The van der Waals surface area contributed by atoms with Gasteiger partial charge in [0.1, 0.15) is 11.4 Å². The van der Waals surface area contributed by atoms with Gasteiger partial charge in [0.25, 0.3) is 0 Å². The van der Waals surface area contributed by atoms with Gasteiger partial charge in [-0.25, -0.2) is 0 Å². The second-order valence-corrected chi connectivity index (χ2v) is 8.37. The molecule has 1 aliphatic heterocycles. The normalized spacial score (nSPS) is 16.9. The summed E-state index contributed by atoms with van der Waals surface area (Å²) in [5.41, 5.74) is 2.94. The zero-order valence-electron chi connectivity index (χ0n) is 18.7. The van der Waals surface area contributed by atoms with Crippen molar-refractivity contribution in [3.63, 3.8) is 0 Å². The maximum atomic E-state index is 12.7. The maximum absolute atomic E-state index is 12.7. The summed E-state index contributed by atoms with van der Waals surface area (Å²) in [4.78, 5) is 12.7. The van der Waals surface area contributed by atoms with Crippen LogP contribution in [-0.4, -0.2) is 24.7 Å². The molecule has 5 heteroatoms. The molecule has 162 valence electrons. The second kappa shape index (κ2) is 9.41. The molecule has 1 amide bonds. The lowest BCUT2D eigenvalue weighted by Crippen LogP contribution is -2.41. The molecule has 0 radical (unpaired) electrons. The predicted octanol–water partition coefficient (Wildman–Crippen LogP) is 5.14. The Hall–Kier alpha value is -2.69. The molecule has 2 aromatic carbocycles. The number of rotatable bonds is 8. The minimum Gasteiger partial charge on any atom is -0.490 e. The summed E-state index contributed by atoms with van der Waals surface area (Å²) in [5.74, 6) is 2.37. The van der Waals surface area contributed by atoms with Crippen LogP contribution >= 0.6 is 0 Å². The minimum atomic E-state index is -0.319. The third-order valence-electron chi connectivity index (χ3n) is 5.21. The van der Waals surface area contributed by atoms with Gasteiger partial charge in [0, 0.05) is 18.4 Å². The predicted molar refractivity (Wildman–Crippen MR) is 118 cm³/mol. The Morgan fingerprint density at radius 1 is 1.10 bits per heavy atom. The number of nitrogens with one attached hydrogen (secondary N) is 1. The number of amides is 1. The quantitative estimate of drug-likeness (QED) is 0.653. The van der Waals surface area contributed by atoms with Crippen molar-refractivity contribution in [1.29, 1.82) is 0 Å². The SMILES string of the molecule is CCOc1ccc(CCC(=O)N[C@@H]2CC(C)(C)Oc3cc(C)ccc32)cc1OCC. The smallest absolute Gasteiger partial charge is 0.220 e. The van der Waals surface area contributed by atoms with Crippen molar-refractivity contribution < 1.29 is 19.0 Å². The van der Waals surface area contributed by atoms with Gasteiger partial charge in [0.05, 0.1) is 19.3 Å². The number of aryl methyl sites for hydroxylation is 2. The van der Waals surface area contributed by atoms with Crippen LogP contribution in [0.3, 0.4) is 0 Å². The molecule has 0 spiro atoms. The first-order valence-corrected chi connectivity index (χ1v) is 10.8. The van der Waals surface area contributed by atoms with Crippen LogP contribution in [0.1, 0.15) is 63.3 Å². The maximum Gasteiger partial charge on any atom is 0.220 e. The van der Waals surface area contributed by atoms with Crippen molar-refractivity contribution >= 4 is 5.91 Å². The lowest BCUT2D eigenvalue weighted by atomic mass is 9.89. The van der Waals surface area contributed by atoms with Gasteiger partial charge in [0.15, 0.2) is 11.5 Å². The summed E-state index contributed by atoms with van der Waals surface area (Å²) in [7, 11) is 0. The van der Waals surface area contributed by atoms with Crippen molar-refractivity contribution in [3.05, 3.63) is 53.1 Å². The molecule has 1 aliphatic rings. The Morgan fingerprint density at radius 3 is 2.57 bits per heavy atom. The van der Waals surface area contributed by atoms with Crippen LogP contribution < -0.4 is 19.5 Å². The summed E-state index contributed by atoms with van der Waals surface area (Å²) in [6, 6.07) is 12.0.